The van der Waals surface area contributed by atoms with Crippen LogP contribution >= 0.6 is 0 Å². The number of rotatable bonds is 37. The van der Waals surface area contributed by atoms with E-state index in [0.29, 0.717) is 19.3 Å². The van der Waals surface area contributed by atoms with Crippen molar-refractivity contribution < 1.29 is 28.6 Å². The Balaban J connectivity index is 4.38. The minimum atomic E-state index is -0.774. The van der Waals surface area contributed by atoms with E-state index >= 15 is 0 Å². The maximum atomic E-state index is 12.6. The van der Waals surface area contributed by atoms with E-state index in [0.717, 1.165) is 83.5 Å². The quantitative estimate of drug-likeness (QED) is 0.0276. The molecule has 0 N–H and O–H groups in total. The molecule has 1 unspecified atom stereocenters. The van der Waals surface area contributed by atoms with Crippen LogP contribution in [0.2, 0.25) is 0 Å². The summed E-state index contributed by atoms with van der Waals surface area (Å²) in [5.74, 6) is -0.912. The molecule has 51 heavy (non-hydrogen) atoms. The fraction of sp³-hybridized carbons (Fsp3) is 0.756. The van der Waals surface area contributed by atoms with E-state index in [1.54, 1.807) is 0 Å². The zero-order valence-corrected chi connectivity index (χ0v) is 33.4. The molecule has 0 aromatic heterocycles. The van der Waals surface area contributed by atoms with Crippen molar-refractivity contribution in [3.05, 3.63) is 48.6 Å². The topological polar surface area (TPSA) is 78.9 Å². The lowest BCUT2D eigenvalue weighted by Crippen LogP contribution is -2.30. The second kappa shape index (κ2) is 40.1. The lowest BCUT2D eigenvalue weighted by molar-refractivity contribution is -0.167. The minimum absolute atomic E-state index is 0.0791. The molecule has 0 rings (SSSR count). The molecule has 0 aliphatic carbocycles. The first-order valence-electron chi connectivity index (χ1n) is 21.2. The van der Waals surface area contributed by atoms with Gasteiger partial charge in [0.05, 0.1) is 0 Å². The highest BCUT2D eigenvalue weighted by Gasteiger charge is 2.19. The van der Waals surface area contributed by atoms with E-state index < -0.39 is 6.10 Å². The molecule has 0 heterocycles. The van der Waals surface area contributed by atoms with Gasteiger partial charge in [-0.25, -0.2) is 0 Å². The average Bonchev–Trinajstić information content (AvgIpc) is 3.12. The summed E-state index contributed by atoms with van der Waals surface area (Å²) in [5.41, 5.74) is 0. The molecule has 0 aromatic rings. The smallest absolute Gasteiger partial charge is 0.306 e. The summed E-state index contributed by atoms with van der Waals surface area (Å²) in [5, 5.41) is 0. The summed E-state index contributed by atoms with van der Waals surface area (Å²) in [6.45, 7) is 6.42. The van der Waals surface area contributed by atoms with E-state index in [-0.39, 0.29) is 31.1 Å². The highest BCUT2D eigenvalue weighted by molar-refractivity contribution is 5.71. The molecule has 0 aliphatic rings. The van der Waals surface area contributed by atoms with Gasteiger partial charge in [0, 0.05) is 19.3 Å². The molecule has 0 bridgehead atoms. The van der Waals surface area contributed by atoms with E-state index in [4.69, 9.17) is 14.2 Å². The maximum Gasteiger partial charge on any atom is 0.306 e. The fourth-order valence-corrected chi connectivity index (χ4v) is 5.74. The molecule has 294 valence electrons. The fourth-order valence-electron chi connectivity index (χ4n) is 5.74. The third-order valence-corrected chi connectivity index (χ3v) is 8.94. The number of hydrogen-bond acceptors (Lipinski definition) is 6. The molecule has 0 amide bonds. The highest BCUT2D eigenvalue weighted by atomic mass is 16.6. The molecule has 1 atom stereocenters. The van der Waals surface area contributed by atoms with Crippen molar-refractivity contribution in [1.29, 1.82) is 0 Å². The highest BCUT2D eigenvalue weighted by Crippen LogP contribution is 2.14. The van der Waals surface area contributed by atoms with Crippen molar-refractivity contribution in [2.75, 3.05) is 13.2 Å². The third kappa shape index (κ3) is 38.4. The first kappa shape index (κ1) is 48.4. The Morgan fingerprint density at radius 3 is 1.20 bits per heavy atom. The lowest BCUT2D eigenvalue weighted by atomic mass is 10.1. The van der Waals surface area contributed by atoms with Gasteiger partial charge in [0.25, 0.3) is 0 Å². The minimum Gasteiger partial charge on any atom is -0.462 e. The summed E-state index contributed by atoms with van der Waals surface area (Å²) in [4.78, 5) is 37.5. The van der Waals surface area contributed by atoms with Crippen LogP contribution in [0.4, 0.5) is 0 Å². The second-order valence-corrected chi connectivity index (χ2v) is 14.0. The van der Waals surface area contributed by atoms with Crippen LogP contribution in [-0.2, 0) is 28.6 Å². The van der Waals surface area contributed by atoms with Gasteiger partial charge in [-0.3, -0.25) is 14.4 Å². The van der Waals surface area contributed by atoms with Gasteiger partial charge in [0.1, 0.15) is 13.2 Å². The number of allylic oxidation sites excluding steroid dienone is 8. The molecule has 6 heteroatoms. The van der Waals surface area contributed by atoms with Crippen molar-refractivity contribution in [3.63, 3.8) is 0 Å². The summed E-state index contributed by atoms with van der Waals surface area (Å²) in [7, 11) is 0. The van der Waals surface area contributed by atoms with Crippen LogP contribution in [0.1, 0.15) is 201 Å². The Labute approximate surface area is 314 Å². The molecule has 0 spiro atoms. The van der Waals surface area contributed by atoms with Crippen LogP contribution in [0.5, 0.6) is 0 Å². The average molecular weight is 715 g/mol. The van der Waals surface area contributed by atoms with Crippen LogP contribution in [0.3, 0.4) is 0 Å². The van der Waals surface area contributed by atoms with E-state index in [1.165, 1.54) is 77.0 Å². The van der Waals surface area contributed by atoms with Crippen LogP contribution in [0.25, 0.3) is 0 Å². The van der Waals surface area contributed by atoms with Crippen molar-refractivity contribution in [2.45, 2.75) is 207 Å². The van der Waals surface area contributed by atoms with Crippen LogP contribution in [0.15, 0.2) is 48.6 Å². The molecule has 0 aliphatic heterocycles. The van der Waals surface area contributed by atoms with Crippen molar-refractivity contribution in [1.82, 2.24) is 0 Å². The van der Waals surface area contributed by atoms with Gasteiger partial charge in [-0.15, -0.1) is 0 Å². The SMILES string of the molecule is CC\C=C/C=C\C=C/C=C\CCCCCCCC(=O)OCC(COC(=O)CCCCCCCCCCC)OC(=O)CCCCCCCCCCC. The Morgan fingerprint density at radius 2 is 0.765 bits per heavy atom. The van der Waals surface area contributed by atoms with Gasteiger partial charge >= 0.3 is 17.9 Å². The molecular weight excluding hydrogens is 636 g/mol. The normalized spacial score (nSPS) is 12.5. The zero-order valence-electron chi connectivity index (χ0n) is 33.4. The maximum absolute atomic E-state index is 12.6. The van der Waals surface area contributed by atoms with Gasteiger partial charge in [-0.05, 0) is 38.5 Å². The predicted octanol–water partition coefficient (Wildman–Crippen LogP) is 13.2. The zero-order chi connectivity index (χ0) is 37.3. The van der Waals surface area contributed by atoms with E-state index in [1.807, 2.05) is 24.3 Å². The standard InChI is InChI=1S/C45H78O6/c1-4-7-10-13-16-19-20-21-22-23-24-27-29-32-35-38-44(47)50-41-42(51-45(48)39-36-33-30-26-18-15-12-9-6-3)40-49-43(46)37-34-31-28-25-17-14-11-8-5-2/h7,10,13,16,19-22,42H,4-6,8-9,11-12,14-15,17-18,23-41H2,1-3H3/b10-7-,16-13-,20-19-,22-21-. The van der Waals surface area contributed by atoms with Gasteiger partial charge in [-0.2, -0.15) is 0 Å². The monoisotopic (exact) mass is 715 g/mol. The third-order valence-electron chi connectivity index (χ3n) is 8.94. The lowest BCUT2D eigenvalue weighted by Gasteiger charge is -2.18. The Kier molecular flexibility index (Phi) is 38.1. The largest absolute Gasteiger partial charge is 0.462 e. The molecule has 0 saturated carbocycles. The summed E-state index contributed by atoms with van der Waals surface area (Å²) in [6, 6.07) is 0. The number of carbonyl (C=O) groups is 3. The molecule has 0 fully saturated rings. The van der Waals surface area contributed by atoms with Crippen molar-refractivity contribution in [2.24, 2.45) is 0 Å². The number of hydrogen-bond donors (Lipinski definition) is 0. The molecule has 0 radical (unpaired) electrons. The first-order valence-corrected chi connectivity index (χ1v) is 21.2. The number of ether oxygens (including phenoxy) is 3. The van der Waals surface area contributed by atoms with Gasteiger partial charge in [0.2, 0.25) is 0 Å². The second-order valence-electron chi connectivity index (χ2n) is 14.0. The van der Waals surface area contributed by atoms with Crippen LogP contribution in [0, 0.1) is 0 Å². The Bertz CT molecular complexity index is 918. The van der Waals surface area contributed by atoms with Crippen molar-refractivity contribution in [3.8, 4) is 0 Å². The van der Waals surface area contributed by atoms with Crippen LogP contribution in [-0.4, -0.2) is 37.2 Å². The van der Waals surface area contributed by atoms with Gasteiger partial charge < -0.3 is 14.2 Å². The first-order chi connectivity index (χ1) is 25.0. The van der Waals surface area contributed by atoms with Gasteiger partial charge in [0.15, 0.2) is 6.10 Å². The summed E-state index contributed by atoms with van der Waals surface area (Å²) < 4.78 is 16.6. The van der Waals surface area contributed by atoms with Crippen LogP contribution < -0.4 is 0 Å². The summed E-state index contributed by atoms with van der Waals surface area (Å²) in [6.07, 6.45) is 45.2. The molecule has 6 nitrogen and oxygen atoms in total. The number of unbranched alkanes of at least 4 members (excludes halogenated alkanes) is 21. The Hall–Kier alpha value is -2.63. The van der Waals surface area contributed by atoms with E-state index in [2.05, 4.69) is 45.1 Å². The summed E-state index contributed by atoms with van der Waals surface area (Å²) >= 11 is 0. The van der Waals surface area contributed by atoms with E-state index in [9.17, 15) is 14.4 Å². The Morgan fingerprint density at radius 1 is 0.412 bits per heavy atom. The number of carbonyl (C=O) groups excluding carboxylic acids is 3. The van der Waals surface area contributed by atoms with Gasteiger partial charge in [-0.1, -0.05) is 191 Å². The van der Waals surface area contributed by atoms with Crippen molar-refractivity contribution >= 4 is 17.9 Å². The molecule has 0 aromatic carbocycles. The predicted molar refractivity (Wildman–Crippen MR) is 215 cm³/mol. The molecular formula is C45H78O6. The molecule has 0 saturated heterocycles. The number of esters is 3.